The second-order valence-electron chi connectivity index (χ2n) is 7.30. The minimum absolute atomic E-state index is 0.165. The maximum absolute atomic E-state index is 12.7. The summed E-state index contributed by atoms with van der Waals surface area (Å²) in [7, 11) is 0. The SMILES string of the molecule is Cc1noc(C)c1CC(=O)N1CCC(N(c2ccncn2)C2CC2)CC1. The predicted molar refractivity (Wildman–Crippen MR) is 96.8 cm³/mol. The van der Waals surface area contributed by atoms with Gasteiger partial charge in [-0.15, -0.1) is 0 Å². The summed E-state index contributed by atoms with van der Waals surface area (Å²) < 4.78 is 5.17. The monoisotopic (exact) mass is 355 g/mol. The molecule has 2 aromatic heterocycles. The smallest absolute Gasteiger partial charge is 0.227 e. The number of carbonyl (C=O) groups excluding carboxylic acids is 1. The summed E-state index contributed by atoms with van der Waals surface area (Å²) in [6.07, 6.45) is 8.23. The van der Waals surface area contributed by atoms with Gasteiger partial charge in [0.2, 0.25) is 5.91 Å². The first kappa shape index (κ1) is 17.0. The average molecular weight is 355 g/mol. The number of anilines is 1. The topological polar surface area (TPSA) is 75.4 Å². The van der Waals surface area contributed by atoms with Gasteiger partial charge >= 0.3 is 0 Å². The van der Waals surface area contributed by atoms with Gasteiger partial charge in [-0.1, -0.05) is 5.16 Å². The molecule has 0 bridgehead atoms. The third-order valence-electron chi connectivity index (χ3n) is 5.49. The molecular weight excluding hydrogens is 330 g/mol. The average Bonchev–Trinajstić information content (AvgIpc) is 3.45. The fraction of sp³-hybridized carbons (Fsp3) is 0.579. The minimum atomic E-state index is 0.165. The van der Waals surface area contributed by atoms with E-state index in [1.807, 2.05) is 24.8 Å². The zero-order chi connectivity index (χ0) is 18.1. The van der Waals surface area contributed by atoms with Crippen molar-refractivity contribution in [3.8, 4) is 0 Å². The summed E-state index contributed by atoms with van der Waals surface area (Å²) in [5.41, 5.74) is 1.74. The van der Waals surface area contributed by atoms with E-state index in [-0.39, 0.29) is 5.91 Å². The van der Waals surface area contributed by atoms with E-state index in [0.29, 0.717) is 18.5 Å². The molecule has 2 fully saturated rings. The van der Waals surface area contributed by atoms with E-state index in [2.05, 4.69) is 20.0 Å². The van der Waals surface area contributed by atoms with Crippen molar-refractivity contribution in [3.63, 3.8) is 0 Å². The van der Waals surface area contributed by atoms with Crippen LogP contribution < -0.4 is 4.90 Å². The van der Waals surface area contributed by atoms with Crippen LogP contribution >= 0.6 is 0 Å². The third-order valence-corrected chi connectivity index (χ3v) is 5.49. The Bertz CT molecular complexity index is 744. The molecule has 1 amide bonds. The Morgan fingerprint density at radius 3 is 2.54 bits per heavy atom. The van der Waals surface area contributed by atoms with Crippen LogP contribution in [0.5, 0.6) is 0 Å². The molecule has 7 heteroatoms. The molecule has 0 unspecified atom stereocenters. The van der Waals surface area contributed by atoms with E-state index in [1.165, 1.54) is 12.8 Å². The highest BCUT2D eigenvalue weighted by molar-refractivity contribution is 5.79. The first-order valence-electron chi connectivity index (χ1n) is 9.37. The van der Waals surface area contributed by atoms with Gasteiger partial charge in [-0.2, -0.15) is 0 Å². The van der Waals surface area contributed by atoms with Crippen LogP contribution in [0.1, 0.15) is 42.7 Å². The molecule has 1 aliphatic heterocycles. The van der Waals surface area contributed by atoms with Gasteiger partial charge in [-0.05, 0) is 45.6 Å². The molecule has 0 spiro atoms. The van der Waals surface area contributed by atoms with E-state index >= 15 is 0 Å². The zero-order valence-electron chi connectivity index (χ0n) is 15.4. The summed E-state index contributed by atoms with van der Waals surface area (Å²) in [6.45, 7) is 5.34. The molecule has 1 aliphatic carbocycles. The summed E-state index contributed by atoms with van der Waals surface area (Å²) in [5.74, 6) is 1.93. The molecule has 0 aromatic carbocycles. The van der Waals surface area contributed by atoms with Gasteiger partial charge in [0.05, 0.1) is 12.1 Å². The Hall–Kier alpha value is -2.44. The fourth-order valence-corrected chi connectivity index (χ4v) is 3.87. The summed E-state index contributed by atoms with van der Waals surface area (Å²) in [4.78, 5) is 25.6. The van der Waals surface area contributed by atoms with Crippen molar-refractivity contribution >= 4 is 11.7 Å². The summed E-state index contributed by atoms with van der Waals surface area (Å²) >= 11 is 0. The standard InChI is InChI=1S/C19H25N5O2/c1-13-17(14(2)26-22-13)11-19(25)23-9-6-16(7-10-23)24(15-3-4-15)18-5-8-20-12-21-18/h5,8,12,15-16H,3-4,6-7,9-11H2,1-2H3. The number of hydrogen-bond donors (Lipinski definition) is 0. The lowest BCUT2D eigenvalue weighted by molar-refractivity contribution is -0.131. The molecule has 4 rings (SSSR count). The van der Waals surface area contributed by atoms with Crippen LogP contribution in [-0.2, 0) is 11.2 Å². The largest absolute Gasteiger partial charge is 0.361 e. The highest BCUT2D eigenvalue weighted by Gasteiger charge is 2.37. The van der Waals surface area contributed by atoms with E-state index in [1.54, 1.807) is 12.5 Å². The molecule has 1 saturated carbocycles. The zero-order valence-corrected chi connectivity index (χ0v) is 15.4. The Balaban J connectivity index is 1.38. The number of nitrogens with zero attached hydrogens (tertiary/aromatic N) is 5. The van der Waals surface area contributed by atoms with Crippen molar-refractivity contribution in [2.24, 2.45) is 0 Å². The van der Waals surface area contributed by atoms with Gasteiger partial charge in [0, 0.05) is 36.9 Å². The van der Waals surface area contributed by atoms with Crippen molar-refractivity contribution in [1.82, 2.24) is 20.0 Å². The predicted octanol–water partition coefficient (Wildman–Crippen LogP) is 2.28. The molecule has 2 aromatic rings. The van der Waals surface area contributed by atoms with Crippen molar-refractivity contribution in [2.45, 2.75) is 58.0 Å². The first-order chi connectivity index (χ1) is 12.6. The number of likely N-dealkylation sites (tertiary alicyclic amines) is 1. The molecule has 7 nitrogen and oxygen atoms in total. The Morgan fingerprint density at radius 1 is 1.23 bits per heavy atom. The number of rotatable bonds is 5. The van der Waals surface area contributed by atoms with Gasteiger partial charge in [-0.25, -0.2) is 9.97 Å². The third kappa shape index (κ3) is 3.43. The van der Waals surface area contributed by atoms with Gasteiger partial charge < -0.3 is 14.3 Å². The number of piperidine rings is 1. The molecule has 2 aliphatic rings. The minimum Gasteiger partial charge on any atom is -0.361 e. The molecule has 0 atom stereocenters. The maximum atomic E-state index is 12.7. The Morgan fingerprint density at radius 2 is 1.96 bits per heavy atom. The highest BCUT2D eigenvalue weighted by Crippen LogP contribution is 2.35. The van der Waals surface area contributed by atoms with Gasteiger partial charge in [0.1, 0.15) is 17.9 Å². The van der Waals surface area contributed by atoms with Crippen LogP contribution in [0.4, 0.5) is 5.82 Å². The van der Waals surface area contributed by atoms with Crippen molar-refractivity contribution in [1.29, 1.82) is 0 Å². The molecule has 1 saturated heterocycles. The molecule has 0 N–H and O–H groups in total. The molecule has 3 heterocycles. The lowest BCUT2D eigenvalue weighted by Gasteiger charge is -2.39. The molecule has 138 valence electrons. The fourth-order valence-electron chi connectivity index (χ4n) is 3.87. The summed E-state index contributed by atoms with van der Waals surface area (Å²) in [6, 6.07) is 3.03. The lowest BCUT2D eigenvalue weighted by atomic mass is 10.0. The Kier molecular flexibility index (Phi) is 4.61. The number of hydrogen-bond acceptors (Lipinski definition) is 6. The number of carbonyl (C=O) groups is 1. The second kappa shape index (κ2) is 7.05. The summed E-state index contributed by atoms with van der Waals surface area (Å²) in [5, 5.41) is 3.95. The van der Waals surface area contributed by atoms with Crippen molar-refractivity contribution < 1.29 is 9.32 Å². The van der Waals surface area contributed by atoms with E-state index in [0.717, 1.165) is 48.8 Å². The first-order valence-corrected chi connectivity index (χ1v) is 9.37. The number of amides is 1. The van der Waals surface area contributed by atoms with Gasteiger partial charge in [0.25, 0.3) is 0 Å². The normalized spacial score (nSPS) is 18.2. The van der Waals surface area contributed by atoms with E-state index in [4.69, 9.17) is 4.52 Å². The van der Waals surface area contributed by atoms with Crippen LogP contribution in [0.15, 0.2) is 23.1 Å². The van der Waals surface area contributed by atoms with E-state index < -0.39 is 0 Å². The van der Waals surface area contributed by atoms with Crippen molar-refractivity contribution in [3.05, 3.63) is 35.6 Å². The van der Waals surface area contributed by atoms with Crippen LogP contribution in [0, 0.1) is 13.8 Å². The number of aryl methyl sites for hydroxylation is 2. The quantitative estimate of drug-likeness (QED) is 0.819. The van der Waals surface area contributed by atoms with Crippen LogP contribution in [-0.4, -0.2) is 51.1 Å². The van der Waals surface area contributed by atoms with Crippen LogP contribution in [0.3, 0.4) is 0 Å². The van der Waals surface area contributed by atoms with Gasteiger partial charge in [-0.3, -0.25) is 4.79 Å². The second-order valence-corrected chi connectivity index (χ2v) is 7.30. The molecule has 0 radical (unpaired) electrons. The molecule has 26 heavy (non-hydrogen) atoms. The van der Waals surface area contributed by atoms with E-state index in [9.17, 15) is 4.79 Å². The molecular formula is C19H25N5O2. The maximum Gasteiger partial charge on any atom is 0.227 e. The Labute approximate surface area is 153 Å². The highest BCUT2D eigenvalue weighted by atomic mass is 16.5. The lowest BCUT2D eigenvalue weighted by Crippen LogP contribution is -2.48. The van der Waals surface area contributed by atoms with Crippen molar-refractivity contribution in [2.75, 3.05) is 18.0 Å². The van der Waals surface area contributed by atoms with Gasteiger partial charge in [0.15, 0.2) is 0 Å². The van der Waals surface area contributed by atoms with Crippen LogP contribution in [0.25, 0.3) is 0 Å². The van der Waals surface area contributed by atoms with Crippen LogP contribution in [0.2, 0.25) is 0 Å². The number of aromatic nitrogens is 3.